The summed E-state index contributed by atoms with van der Waals surface area (Å²) in [6.07, 6.45) is 2.10. The van der Waals surface area contributed by atoms with Gasteiger partial charge in [-0.05, 0) is 45.1 Å². The summed E-state index contributed by atoms with van der Waals surface area (Å²) < 4.78 is 0. The summed E-state index contributed by atoms with van der Waals surface area (Å²) in [5, 5.41) is 6.20. The fourth-order valence-corrected chi connectivity index (χ4v) is 2.17. The van der Waals surface area contributed by atoms with Crippen molar-refractivity contribution < 1.29 is 4.79 Å². The lowest BCUT2D eigenvalue weighted by molar-refractivity contribution is -0.120. The molecule has 0 aliphatic carbocycles. The van der Waals surface area contributed by atoms with Crippen molar-refractivity contribution in [2.24, 2.45) is 0 Å². The molecule has 2 rings (SSSR count). The molecule has 1 amide bonds. The summed E-state index contributed by atoms with van der Waals surface area (Å²) in [7, 11) is 2.12. The molecule has 1 aromatic rings. The Hall–Kier alpha value is -0.970. The lowest BCUT2D eigenvalue weighted by atomic mass is 10.1. The monoisotopic (exact) mass is 319 g/mol. The molecule has 1 aromatic carbocycles. The van der Waals surface area contributed by atoms with Crippen LogP contribution in [0.4, 0.5) is 5.69 Å². The zero-order valence-electron chi connectivity index (χ0n) is 11.7. The standard InChI is InChI=1S/C14H21N3O.2ClH/c1-17-9-7-13(8-10-17)16-14(18)11-15-12-5-3-2-4-6-12;;/h2-6,13,15H,7-11H2,1H3,(H,16,18);2*1H. The molecule has 0 saturated carbocycles. The predicted octanol–water partition coefficient (Wildman–Crippen LogP) is 2.15. The molecular weight excluding hydrogens is 297 g/mol. The maximum Gasteiger partial charge on any atom is 0.239 e. The van der Waals surface area contributed by atoms with Crippen molar-refractivity contribution in [3.8, 4) is 0 Å². The molecule has 0 aromatic heterocycles. The highest BCUT2D eigenvalue weighted by molar-refractivity contribution is 5.85. The summed E-state index contributed by atoms with van der Waals surface area (Å²) in [4.78, 5) is 14.1. The molecular formula is C14H23Cl2N3O. The number of carbonyl (C=O) groups excluding carboxylic acids is 1. The number of rotatable bonds is 4. The van der Waals surface area contributed by atoms with E-state index in [4.69, 9.17) is 0 Å². The van der Waals surface area contributed by atoms with Crippen LogP contribution < -0.4 is 10.6 Å². The normalized spacial score (nSPS) is 15.7. The maximum atomic E-state index is 11.8. The van der Waals surface area contributed by atoms with Crippen LogP contribution in [0.1, 0.15) is 12.8 Å². The smallest absolute Gasteiger partial charge is 0.239 e. The van der Waals surface area contributed by atoms with Crippen molar-refractivity contribution in [3.05, 3.63) is 30.3 Å². The van der Waals surface area contributed by atoms with Gasteiger partial charge in [-0.1, -0.05) is 18.2 Å². The minimum Gasteiger partial charge on any atom is -0.376 e. The highest BCUT2D eigenvalue weighted by atomic mass is 35.5. The van der Waals surface area contributed by atoms with Crippen molar-refractivity contribution >= 4 is 36.4 Å². The Morgan fingerprint density at radius 3 is 2.40 bits per heavy atom. The van der Waals surface area contributed by atoms with E-state index < -0.39 is 0 Å². The number of nitrogens with zero attached hydrogens (tertiary/aromatic N) is 1. The summed E-state index contributed by atoms with van der Waals surface area (Å²) in [6, 6.07) is 10.1. The summed E-state index contributed by atoms with van der Waals surface area (Å²) >= 11 is 0. The molecule has 0 spiro atoms. The van der Waals surface area contributed by atoms with E-state index in [0.29, 0.717) is 12.6 Å². The van der Waals surface area contributed by atoms with Crippen molar-refractivity contribution in [3.63, 3.8) is 0 Å². The number of halogens is 2. The third-order valence-electron chi connectivity index (χ3n) is 3.31. The van der Waals surface area contributed by atoms with Gasteiger partial charge in [0.05, 0.1) is 6.54 Å². The van der Waals surface area contributed by atoms with E-state index >= 15 is 0 Å². The summed E-state index contributed by atoms with van der Waals surface area (Å²) in [6.45, 7) is 2.48. The second-order valence-corrected chi connectivity index (χ2v) is 4.86. The molecule has 0 bridgehead atoms. The van der Waals surface area contributed by atoms with Crippen LogP contribution in [0.5, 0.6) is 0 Å². The molecule has 114 valence electrons. The van der Waals surface area contributed by atoms with Crippen molar-refractivity contribution in [2.45, 2.75) is 18.9 Å². The molecule has 0 atom stereocenters. The van der Waals surface area contributed by atoms with E-state index in [0.717, 1.165) is 31.6 Å². The van der Waals surface area contributed by atoms with Gasteiger partial charge in [0.2, 0.25) is 5.91 Å². The molecule has 4 nitrogen and oxygen atoms in total. The van der Waals surface area contributed by atoms with Crippen LogP contribution in [-0.4, -0.2) is 43.5 Å². The average molecular weight is 320 g/mol. The SMILES string of the molecule is CN1CCC(NC(=O)CNc2ccccc2)CC1.Cl.Cl. The van der Waals surface area contributed by atoms with Gasteiger partial charge in [0.15, 0.2) is 0 Å². The Labute approximate surface area is 133 Å². The number of nitrogens with one attached hydrogen (secondary N) is 2. The van der Waals surface area contributed by atoms with Crippen LogP contribution >= 0.6 is 24.8 Å². The van der Waals surface area contributed by atoms with Gasteiger partial charge in [0.1, 0.15) is 0 Å². The zero-order valence-corrected chi connectivity index (χ0v) is 13.3. The number of benzene rings is 1. The molecule has 0 radical (unpaired) electrons. The summed E-state index contributed by atoms with van der Waals surface area (Å²) in [5.41, 5.74) is 0.982. The van der Waals surface area contributed by atoms with Gasteiger partial charge in [0, 0.05) is 11.7 Å². The van der Waals surface area contributed by atoms with E-state index in [9.17, 15) is 4.79 Å². The average Bonchev–Trinajstić information content (AvgIpc) is 2.40. The van der Waals surface area contributed by atoms with Crippen molar-refractivity contribution in [1.29, 1.82) is 0 Å². The van der Waals surface area contributed by atoms with Crippen LogP contribution in [-0.2, 0) is 4.79 Å². The zero-order chi connectivity index (χ0) is 12.8. The third kappa shape index (κ3) is 6.46. The fourth-order valence-electron chi connectivity index (χ4n) is 2.17. The molecule has 6 heteroatoms. The second kappa shape index (κ2) is 9.86. The van der Waals surface area contributed by atoms with Crippen LogP contribution in [0.25, 0.3) is 0 Å². The predicted molar refractivity (Wildman–Crippen MR) is 88.1 cm³/mol. The van der Waals surface area contributed by atoms with E-state index in [1.165, 1.54) is 0 Å². The van der Waals surface area contributed by atoms with Gasteiger partial charge in [-0.15, -0.1) is 24.8 Å². The number of para-hydroxylation sites is 1. The van der Waals surface area contributed by atoms with Crippen LogP contribution in [0.15, 0.2) is 30.3 Å². The molecule has 1 aliphatic rings. The van der Waals surface area contributed by atoms with E-state index in [2.05, 4.69) is 22.6 Å². The van der Waals surface area contributed by atoms with Gasteiger partial charge >= 0.3 is 0 Å². The van der Waals surface area contributed by atoms with Crippen LogP contribution in [0.3, 0.4) is 0 Å². The number of anilines is 1. The van der Waals surface area contributed by atoms with Crippen LogP contribution in [0.2, 0.25) is 0 Å². The first-order valence-corrected chi connectivity index (χ1v) is 6.51. The number of hydrogen-bond acceptors (Lipinski definition) is 3. The highest BCUT2D eigenvalue weighted by Gasteiger charge is 2.17. The molecule has 1 aliphatic heterocycles. The molecule has 1 saturated heterocycles. The van der Waals surface area contributed by atoms with Gasteiger partial charge in [-0.2, -0.15) is 0 Å². The van der Waals surface area contributed by atoms with Crippen molar-refractivity contribution in [2.75, 3.05) is 32.0 Å². The molecule has 1 fully saturated rings. The lowest BCUT2D eigenvalue weighted by Crippen LogP contribution is -2.45. The first kappa shape index (κ1) is 19.0. The van der Waals surface area contributed by atoms with Gasteiger partial charge in [-0.3, -0.25) is 4.79 Å². The largest absolute Gasteiger partial charge is 0.376 e. The number of likely N-dealkylation sites (tertiary alicyclic amines) is 1. The Kier molecular flexibility index (Phi) is 9.38. The Balaban J connectivity index is 0.00000180. The number of amides is 1. The molecule has 1 heterocycles. The minimum atomic E-state index is 0. The van der Waals surface area contributed by atoms with Crippen LogP contribution in [0, 0.1) is 0 Å². The van der Waals surface area contributed by atoms with Gasteiger partial charge in [0.25, 0.3) is 0 Å². The third-order valence-corrected chi connectivity index (χ3v) is 3.31. The Morgan fingerprint density at radius 2 is 1.80 bits per heavy atom. The molecule has 2 N–H and O–H groups in total. The molecule has 20 heavy (non-hydrogen) atoms. The van der Waals surface area contributed by atoms with E-state index in [1.807, 2.05) is 30.3 Å². The lowest BCUT2D eigenvalue weighted by Gasteiger charge is -2.29. The van der Waals surface area contributed by atoms with E-state index in [1.54, 1.807) is 0 Å². The number of carbonyl (C=O) groups is 1. The van der Waals surface area contributed by atoms with E-state index in [-0.39, 0.29) is 30.7 Å². The first-order chi connectivity index (χ1) is 8.74. The minimum absolute atomic E-state index is 0. The highest BCUT2D eigenvalue weighted by Crippen LogP contribution is 2.08. The summed E-state index contributed by atoms with van der Waals surface area (Å²) in [5.74, 6) is 0.0772. The molecule has 0 unspecified atom stereocenters. The number of hydrogen-bond donors (Lipinski definition) is 2. The van der Waals surface area contributed by atoms with Gasteiger partial charge in [-0.25, -0.2) is 0 Å². The Morgan fingerprint density at radius 1 is 1.20 bits per heavy atom. The maximum absolute atomic E-state index is 11.8. The number of piperidine rings is 1. The second-order valence-electron chi connectivity index (χ2n) is 4.86. The Bertz CT molecular complexity index is 381. The first-order valence-electron chi connectivity index (χ1n) is 6.51. The fraction of sp³-hybridized carbons (Fsp3) is 0.500. The van der Waals surface area contributed by atoms with Gasteiger partial charge < -0.3 is 15.5 Å². The van der Waals surface area contributed by atoms with Crippen molar-refractivity contribution in [1.82, 2.24) is 10.2 Å². The quantitative estimate of drug-likeness (QED) is 0.893. The topological polar surface area (TPSA) is 44.4 Å².